The lowest BCUT2D eigenvalue weighted by molar-refractivity contribution is 0.0700. The Morgan fingerprint density at radius 3 is 2.36 bits per heavy atom. The standard InChI is InChI=1S/C20H20N4O3S/c1-28(26,27)24-12-10-23(11-13-24)20(25)17-14-19(15-6-8-21-9-7-15)22-18-5-3-2-4-16(17)18/h2-9,14H,10-13H2,1H3. The second-order valence-electron chi connectivity index (χ2n) is 6.76. The molecule has 0 aliphatic carbocycles. The molecule has 8 heteroatoms. The van der Waals surface area contributed by atoms with Crippen molar-refractivity contribution in [2.45, 2.75) is 0 Å². The summed E-state index contributed by atoms with van der Waals surface area (Å²) in [6.07, 6.45) is 4.58. The fourth-order valence-corrected chi connectivity index (χ4v) is 4.24. The molecule has 0 unspecified atom stereocenters. The molecule has 1 fully saturated rings. The SMILES string of the molecule is CS(=O)(=O)N1CCN(C(=O)c2cc(-c3ccncc3)nc3ccccc23)CC1. The van der Waals surface area contributed by atoms with Gasteiger partial charge in [0.25, 0.3) is 5.91 Å². The Bertz CT molecular complexity index is 1120. The predicted molar refractivity (Wildman–Crippen MR) is 107 cm³/mol. The number of nitrogens with zero attached hydrogens (tertiary/aromatic N) is 4. The molecule has 0 saturated carbocycles. The van der Waals surface area contributed by atoms with Crippen molar-refractivity contribution >= 4 is 26.8 Å². The second kappa shape index (κ2) is 7.29. The number of piperazine rings is 1. The van der Waals surface area contributed by atoms with Crippen LogP contribution in [0.1, 0.15) is 10.4 Å². The number of para-hydroxylation sites is 1. The third-order valence-corrected chi connectivity index (χ3v) is 6.22. The van der Waals surface area contributed by atoms with E-state index in [1.54, 1.807) is 17.3 Å². The van der Waals surface area contributed by atoms with Gasteiger partial charge >= 0.3 is 0 Å². The van der Waals surface area contributed by atoms with Gasteiger partial charge < -0.3 is 4.90 Å². The van der Waals surface area contributed by atoms with E-state index in [0.717, 1.165) is 16.5 Å². The van der Waals surface area contributed by atoms with Crippen LogP contribution in [0.2, 0.25) is 0 Å². The van der Waals surface area contributed by atoms with Gasteiger partial charge in [0.2, 0.25) is 10.0 Å². The molecule has 1 aliphatic heterocycles. The van der Waals surface area contributed by atoms with Gasteiger partial charge in [0, 0.05) is 49.5 Å². The topological polar surface area (TPSA) is 83.5 Å². The first kappa shape index (κ1) is 18.5. The molecule has 28 heavy (non-hydrogen) atoms. The van der Waals surface area contributed by atoms with Gasteiger partial charge in [-0.1, -0.05) is 18.2 Å². The molecule has 1 aliphatic rings. The highest BCUT2D eigenvalue weighted by molar-refractivity contribution is 7.88. The van der Waals surface area contributed by atoms with Crippen LogP contribution in [0, 0.1) is 0 Å². The van der Waals surface area contributed by atoms with Gasteiger partial charge in [0.05, 0.1) is 23.0 Å². The molecule has 0 spiro atoms. The van der Waals surface area contributed by atoms with E-state index in [2.05, 4.69) is 4.98 Å². The number of pyridine rings is 2. The van der Waals surface area contributed by atoms with Crippen molar-refractivity contribution in [2.24, 2.45) is 0 Å². The van der Waals surface area contributed by atoms with E-state index in [1.165, 1.54) is 10.6 Å². The average Bonchev–Trinajstić information content (AvgIpc) is 2.72. The molecule has 4 rings (SSSR count). The summed E-state index contributed by atoms with van der Waals surface area (Å²) in [5.41, 5.74) is 2.91. The van der Waals surface area contributed by atoms with Gasteiger partial charge in [0.1, 0.15) is 0 Å². The lowest BCUT2D eigenvalue weighted by atomic mass is 10.0. The van der Waals surface area contributed by atoms with Gasteiger partial charge in [-0.2, -0.15) is 4.31 Å². The summed E-state index contributed by atoms with van der Waals surface area (Å²) in [4.78, 5) is 23.7. The van der Waals surface area contributed by atoms with E-state index in [4.69, 9.17) is 4.98 Å². The number of amides is 1. The maximum absolute atomic E-state index is 13.3. The van der Waals surface area contributed by atoms with Crippen LogP contribution in [0.4, 0.5) is 0 Å². The first-order valence-electron chi connectivity index (χ1n) is 8.98. The Hall–Kier alpha value is -2.84. The number of rotatable bonds is 3. The van der Waals surface area contributed by atoms with Crippen LogP contribution >= 0.6 is 0 Å². The Labute approximate surface area is 163 Å². The number of benzene rings is 1. The number of aromatic nitrogens is 2. The maximum atomic E-state index is 13.3. The minimum absolute atomic E-state index is 0.109. The highest BCUT2D eigenvalue weighted by Crippen LogP contribution is 2.26. The Kier molecular flexibility index (Phi) is 4.82. The summed E-state index contributed by atoms with van der Waals surface area (Å²) in [6.45, 7) is 1.36. The minimum Gasteiger partial charge on any atom is -0.336 e. The molecule has 1 saturated heterocycles. The van der Waals surface area contributed by atoms with Crippen LogP contribution in [0.5, 0.6) is 0 Å². The number of carbonyl (C=O) groups excluding carboxylic acids is 1. The van der Waals surface area contributed by atoms with Crippen LogP contribution in [-0.2, 0) is 10.0 Å². The van der Waals surface area contributed by atoms with E-state index in [-0.39, 0.29) is 5.91 Å². The summed E-state index contributed by atoms with van der Waals surface area (Å²) in [5, 5.41) is 0.788. The first-order chi connectivity index (χ1) is 13.4. The van der Waals surface area contributed by atoms with Crippen LogP contribution in [-0.4, -0.2) is 65.9 Å². The van der Waals surface area contributed by atoms with Crippen molar-refractivity contribution in [1.29, 1.82) is 0 Å². The summed E-state index contributed by atoms with van der Waals surface area (Å²) in [7, 11) is -3.24. The third-order valence-electron chi connectivity index (χ3n) is 4.92. The molecule has 2 aromatic heterocycles. The molecule has 0 N–H and O–H groups in total. The van der Waals surface area contributed by atoms with Crippen LogP contribution in [0.25, 0.3) is 22.2 Å². The molecule has 0 bridgehead atoms. The Balaban J connectivity index is 1.71. The van der Waals surface area contributed by atoms with Gasteiger partial charge in [0.15, 0.2) is 0 Å². The zero-order valence-corrected chi connectivity index (χ0v) is 16.3. The number of carbonyl (C=O) groups is 1. The molecule has 1 amide bonds. The highest BCUT2D eigenvalue weighted by Gasteiger charge is 2.27. The van der Waals surface area contributed by atoms with E-state index in [9.17, 15) is 13.2 Å². The van der Waals surface area contributed by atoms with E-state index >= 15 is 0 Å². The number of hydrogen-bond acceptors (Lipinski definition) is 5. The first-order valence-corrected chi connectivity index (χ1v) is 10.8. The lowest BCUT2D eigenvalue weighted by Gasteiger charge is -2.33. The molecular weight excluding hydrogens is 376 g/mol. The maximum Gasteiger partial charge on any atom is 0.254 e. The third kappa shape index (κ3) is 3.61. The second-order valence-corrected chi connectivity index (χ2v) is 8.74. The minimum atomic E-state index is -3.24. The zero-order chi connectivity index (χ0) is 19.7. The molecule has 7 nitrogen and oxygen atoms in total. The van der Waals surface area contributed by atoms with Gasteiger partial charge in [-0.3, -0.25) is 9.78 Å². The molecule has 0 atom stereocenters. The van der Waals surface area contributed by atoms with Crippen LogP contribution in [0.15, 0.2) is 54.9 Å². The molecule has 144 valence electrons. The Morgan fingerprint density at radius 1 is 1.00 bits per heavy atom. The number of hydrogen-bond donors (Lipinski definition) is 0. The molecular formula is C20H20N4O3S. The van der Waals surface area contributed by atoms with Gasteiger partial charge in [-0.15, -0.1) is 0 Å². The van der Waals surface area contributed by atoms with Crippen molar-refractivity contribution < 1.29 is 13.2 Å². The van der Waals surface area contributed by atoms with E-state index in [0.29, 0.717) is 37.4 Å². The zero-order valence-electron chi connectivity index (χ0n) is 15.4. The molecule has 3 heterocycles. The van der Waals surface area contributed by atoms with Crippen LogP contribution in [0.3, 0.4) is 0 Å². The lowest BCUT2D eigenvalue weighted by Crippen LogP contribution is -2.50. The van der Waals surface area contributed by atoms with E-state index in [1.807, 2.05) is 42.5 Å². The smallest absolute Gasteiger partial charge is 0.254 e. The fourth-order valence-electron chi connectivity index (χ4n) is 3.42. The van der Waals surface area contributed by atoms with Crippen LogP contribution < -0.4 is 0 Å². The molecule has 0 radical (unpaired) electrons. The highest BCUT2D eigenvalue weighted by atomic mass is 32.2. The molecule has 1 aromatic carbocycles. The monoisotopic (exact) mass is 396 g/mol. The normalized spacial score (nSPS) is 15.7. The summed E-state index contributed by atoms with van der Waals surface area (Å²) in [6, 6.07) is 13.1. The van der Waals surface area contributed by atoms with Crippen molar-refractivity contribution in [3.63, 3.8) is 0 Å². The van der Waals surface area contributed by atoms with Gasteiger partial charge in [-0.05, 0) is 24.3 Å². The average molecular weight is 396 g/mol. The summed E-state index contributed by atoms with van der Waals surface area (Å²) < 4.78 is 24.8. The largest absolute Gasteiger partial charge is 0.336 e. The van der Waals surface area contributed by atoms with Crippen molar-refractivity contribution in [2.75, 3.05) is 32.4 Å². The Morgan fingerprint density at radius 2 is 1.68 bits per heavy atom. The predicted octanol–water partition coefficient (Wildman–Crippen LogP) is 2.01. The van der Waals surface area contributed by atoms with Crippen molar-refractivity contribution in [1.82, 2.24) is 19.2 Å². The quantitative estimate of drug-likeness (QED) is 0.676. The van der Waals surface area contributed by atoms with Crippen molar-refractivity contribution in [3.8, 4) is 11.3 Å². The van der Waals surface area contributed by atoms with Crippen molar-refractivity contribution in [3.05, 3.63) is 60.4 Å². The molecule has 3 aromatic rings. The fraction of sp³-hybridized carbons (Fsp3) is 0.250. The van der Waals surface area contributed by atoms with Gasteiger partial charge in [-0.25, -0.2) is 13.4 Å². The number of fused-ring (bicyclic) bond motifs is 1. The summed E-state index contributed by atoms with van der Waals surface area (Å²) in [5.74, 6) is -0.109. The summed E-state index contributed by atoms with van der Waals surface area (Å²) >= 11 is 0. The van der Waals surface area contributed by atoms with E-state index < -0.39 is 10.0 Å². The number of sulfonamides is 1.